The van der Waals surface area contributed by atoms with Gasteiger partial charge in [-0.3, -0.25) is 0 Å². The molecule has 2 heterocycles. The van der Waals surface area contributed by atoms with Crippen molar-refractivity contribution in [2.45, 2.75) is 39.7 Å². The lowest BCUT2D eigenvalue weighted by molar-refractivity contribution is 0.153. The molecule has 138 valence electrons. The Morgan fingerprint density at radius 3 is 2.56 bits per heavy atom. The lowest BCUT2D eigenvalue weighted by Gasteiger charge is -2.32. The molecule has 0 unspecified atom stereocenters. The highest BCUT2D eigenvalue weighted by molar-refractivity contribution is 5.85. The van der Waals surface area contributed by atoms with Crippen molar-refractivity contribution in [3.8, 4) is 5.75 Å². The van der Waals surface area contributed by atoms with Crippen LogP contribution in [0.1, 0.15) is 32.3 Å². The Hall–Kier alpha value is -1.52. The molecule has 0 bridgehead atoms. The first-order valence-electron chi connectivity index (χ1n) is 9.86. The summed E-state index contributed by atoms with van der Waals surface area (Å²) >= 11 is 0. The van der Waals surface area contributed by atoms with Crippen molar-refractivity contribution in [2.75, 3.05) is 46.4 Å². The summed E-state index contributed by atoms with van der Waals surface area (Å²) < 4.78 is 8.14. The van der Waals surface area contributed by atoms with Crippen molar-refractivity contribution in [2.24, 2.45) is 0 Å². The van der Waals surface area contributed by atoms with E-state index < -0.39 is 0 Å². The average molecular weight is 344 g/mol. The third-order valence-corrected chi connectivity index (χ3v) is 5.23. The molecule has 4 heteroatoms. The summed E-state index contributed by atoms with van der Waals surface area (Å²) in [5.41, 5.74) is 2.82. The van der Waals surface area contributed by atoms with Crippen LogP contribution in [0.3, 0.4) is 0 Å². The maximum absolute atomic E-state index is 5.73. The Balaban J connectivity index is 1.69. The largest absolute Gasteiger partial charge is 0.494 e. The number of nitrogens with zero attached hydrogens (tertiary/aromatic N) is 3. The molecule has 1 aromatic heterocycles. The molecule has 0 saturated carbocycles. The van der Waals surface area contributed by atoms with Gasteiger partial charge in [-0.1, -0.05) is 6.92 Å². The first kappa shape index (κ1) is 18.3. The molecule has 1 fully saturated rings. The molecule has 1 aliphatic heterocycles. The summed E-state index contributed by atoms with van der Waals surface area (Å²) in [5, 5.41) is 1.37. The van der Waals surface area contributed by atoms with Gasteiger partial charge in [0, 0.05) is 49.8 Å². The van der Waals surface area contributed by atoms with Gasteiger partial charge in [-0.25, -0.2) is 0 Å². The Bertz CT molecular complexity index is 671. The minimum absolute atomic E-state index is 0.722. The molecule has 0 amide bonds. The van der Waals surface area contributed by atoms with Crippen LogP contribution in [0.2, 0.25) is 0 Å². The number of fused-ring (bicyclic) bond motifs is 1. The minimum Gasteiger partial charge on any atom is -0.494 e. The van der Waals surface area contributed by atoms with E-state index >= 15 is 0 Å². The Morgan fingerprint density at radius 1 is 1.04 bits per heavy atom. The molecule has 1 aliphatic rings. The molecule has 0 aliphatic carbocycles. The van der Waals surface area contributed by atoms with E-state index in [2.05, 4.69) is 52.7 Å². The number of hydrogen-bond donors (Lipinski definition) is 0. The number of hydrogen-bond acceptors (Lipinski definition) is 3. The molecule has 1 saturated heterocycles. The molecule has 4 nitrogen and oxygen atoms in total. The summed E-state index contributed by atoms with van der Waals surface area (Å²) in [6.45, 7) is 12.1. The average Bonchev–Trinajstić information content (AvgIpc) is 2.95. The van der Waals surface area contributed by atoms with Crippen LogP contribution in [0, 0.1) is 0 Å². The number of likely N-dealkylation sites (N-methyl/N-ethyl adjacent to an activating group) is 1. The molecular formula is C21H33N3O. The van der Waals surface area contributed by atoms with Crippen LogP contribution in [-0.4, -0.2) is 60.7 Å². The van der Waals surface area contributed by atoms with E-state index in [0.29, 0.717) is 0 Å². The standard InChI is InChI=1S/C21H33N3O/c1-4-10-24-17-18(7-6-11-23-14-12-22(3)13-15-23)20-16-19(25-5-2)8-9-21(20)24/h8-9,16-17H,4-7,10-15H2,1-3H3. The molecule has 25 heavy (non-hydrogen) atoms. The molecular weight excluding hydrogens is 310 g/mol. The van der Waals surface area contributed by atoms with E-state index in [1.165, 1.54) is 55.6 Å². The van der Waals surface area contributed by atoms with Crippen LogP contribution in [0.25, 0.3) is 10.9 Å². The van der Waals surface area contributed by atoms with Gasteiger partial charge in [-0.2, -0.15) is 0 Å². The first-order valence-corrected chi connectivity index (χ1v) is 9.86. The maximum Gasteiger partial charge on any atom is 0.120 e. The SMILES string of the molecule is CCCn1cc(CCCN2CCN(C)CC2)c2cc(OCC)ccc21. The van der Waals surface area contributed by atoms with E-state index in [1.807, 2.05) is 6.92 Å². The van der Waals surface area contributed by atoms with Gasteiger partial charge in [0.1, 0.15) is 5.75 Å². The normalized spacial score (nSPS) is 16.6. The Morgan fingerprint density at radius 2 is 1.84 bits per heavy atom. The van der Waals surface area contributed by atoms with Gasteiger partial charge in [-0.05, 0) is 63.5 Å². The quantitative estimate of drug-likeness (QED) is 0.730. The van der Waals surface area contributed by atoms with Gasteiger partial charge >= 0.3 is 0 Å². The number of aromatic nitrogens is 1. The minimum atomic E-state index is 0.722. The van der Waals surface area contributed by atoms with Crippen LogP contribution in [0.15, 0.2) is 24.4 Å². The van der Waals surface area contributed by atoms with Crippen LogP contribution in [-0.2, 0) is 13.0 Å². The van der Waals surface area contributed by atoms with Crippen molar-refractivity contribution in [3.05, 3.63) is 30.0 Å². The van der Waals surface area contributed by atoms with Gasteiger partial charge in [0.05, 0.1) is 6.61 Å². The zero-order valence-corrected chi connectivity index (χ0v) is 16.1. The highest BCUT2D eigenvalue weighted by atomic mass is 16.5. The summed E-state index contributed by atoms with van der Waals surface area (Å²) in [6.07, 6.45) is 5.91. The van der Waals surface area contributed by atoms with Crippen LogP contribution in [0.5, 0.6) is 5.75 Å². The second-order valence-corrected chi connectivity index (χ2v) is 7.21. The summed E-state index contributed by atoms with van der Waals surface area (Å²) in [4.78, 5) is 5.03. The van der Waals surface area contributed by atoms with E-state index in [4.69, 9.17) is 4.74 Å². The van der Waals surface area contributed by atoms with Crippen molar-refractivity contribution >= 4 is 10.9 Å². The Labute approximate surface area is 152 Å². The fourth-order valence-corrected chi connectivity index (χ4v) is 3.80. The first-order chi connectivity index (χ1) is 12.2. The van der Waals surface area contributed by atoms with E-state index in [0.717, 1.165) is 31.7 Å². The summed E-state index contributed by atoms with van der Waals surface area (Å²) in [7, 11) is 2.22. The van der Waals surface area contributed by atoms with Crippen molar-refractivity contribution in [3.63, 3.8) is 0 Å². The molecule has 3 rings (SSSR count). The smallest absolute Gasteiger partial charge is 0.120 e. The summed E-state index contributed by atoms with van der Waals surface area (Å²) in [5.74, 6) is 0.990. The topological polar surface area (TPSA) is 20.6 Å². The van der Waals surface area contributed by atoms with Gasteiger partial charge in [-0.15, -0.1) is 0 Å². The summed E-state index contributed by atoms with van der Waals surface area (Å²) in [6, 6.07) is 6.56. The van der Waals surface area contributed by atoms with E-state index in [-0.39, 0.29) is 0 Å². The second kappa shape index (κ2) is 8.72. The predicted octanol–water partition coefficient (Wildman–Crippen LogP) is 3.63. The highest BCUT2D eigenvalue weighted by Crippen LogP contribution is 2.27. The zero-order chi connectivity index (χ0) is 17.6. The predicted molar refractivity (Wildman–Crippen MR) is 106 cm³/mol. The van der Waals surface area contributed by atoms with E-state index in [9.17, 15) is 0 Å². The molecule has 0 N–H and O–H groups in total. The molecule has 0 atom stereocenters. The number of aryl methyl sites for hydroxylation is 2. The lowest BCUT2D eigenvalue weighted by atomic mass is 10.1. The molecule has 1 aromatic carbocycles. The number of piperazine rings is 1. The number of rotatable bonds is 8. The zero-order valence-electron chi connectivity index (χ0n) is 16.1. The number of ether oxygens (including phenoxy) is 1. The third-order valence-electron chi connectivity index (χ3n) is 5.23. The maximum atomic E-state index is 5.73. The van der Waals surface area contributed by atoms with Crippen LogP contribution < -0.4 is 4.74 Å². The van der Waals surface area contributed by atoms with Crippen molar-refractivity contribution in [1.82, 2.24) is 14.4 Å². The van der Waals surface area contributed by atoms with Gasteiger partial charge in [0.25, 0.3) is 0 Å². The van der Waals surface area contributed by atoms with Crippen LogP contribution >= 0.6 is 0 Å². The fourth-order valence-electron chi connectivity index (χ4n) is 3.80. The van der Waals surface area contributed by atoms with Gasteiger partial charge in [0.15, 0.2) is 0 Å². The van der Waals surface area contributed by atoms with E-state index in [1.54, 1.807) is 0 Å². The third kappa shape index (κ3) is 4.56. The lowest BCUT2D eigenvalue weighted by Crippen LogP contribution is -2.44. The van der Waals surface area contributed by atoms with Gasteiger partial charge in [0.2, 0.25) is 0 Å². The van der Waals surface area contributed by atoms with Crippen molar-refractivity contribution in [1.29, 1.82) is 0 Å². The second-order valence-electron chi connectivity index (χ2n) is 7.21. The van der Waals surface area contributed by atoms with Crippen LogP contribution in [0.4, 0.5) is 0 Å². The van der Waals surface area contributed by atoms with Gasteiger partial charge < -0.3 is 19.1 Å². The highest BCUT2D eigenvalue weighted by Gasteiger charge is 2.14. The molecule has 0 radical (unpaired) electrons. The Kier molecular flexibility index (Phi) is 6.38. The number of benzene rings is 1. The van der Waals surface area contributed by atoms with Crippen molar-refractivity contribution < 1.29 is 4.74 Å². The monoisotopic (exact) mass is 343 g/mol. The fraction of sp³-hybridized carbons (Fsp3) is 0.619. The molecule has 0 spiro atoms. The molecule has 2 aromatic rings.